The molecular formula is C24H18N6O2. The topological polar surface area (TPSA) is 97.6 Å². The normalized spacial score (nSPS) is 10.8. The summed E-state index contributed by atoms with van der Waals surface area (Å²) in [5, 5.41) is 7.37. The standard InChI is InChI=1S/C24H18N6O2/c31-23(27-18-9-11-19(12-10-18)29-15-14-26-24(29)32)20-16-21(17-6-2-1-3-7-17)30(28-20)22-8-4-5-13-25-22/h1-16H,(H,26,32)(H,27,31). The molecule has 3 aromatic heterocycles. The summed E-state index contributed by atoms with van der Waals surface area (Å²) in [5.74, 6) is 0.273. The maximum absolute atomic E-state index is 12.9. The molecule has 2 N–H and O–H groups in total. The Labute approximate surface area is 182 Å². The Morgan fingerprint density at radius 1 is 0.938 bits per heavy atom. The number of amides is 1. The molecule has 8 nitrogen and oxygen atoms in total. The summed E-state index contributed by atoms with van der Waals surface area (Å²) >= 11 is 0. The zero-order valence-electron chi connectivity index (χ0n) is 16.8. The number of aromatic nitrogens is 5. The average Bonchev–Trinajstić information content (AvgIpc) is 3.48. The zero-order chi connectivity index (χ0) is 21.9. The molecule has 32 heavy (non-hydrogen) atoms. The minimum atomic E-state index is -0.344. The molecule has 0 saturated heterocycles. The molecule has 0 aliphatic heterocycles. The van der Waals surface area contributed by atoms with Crippen molar-refractivity contribution in [3.63, 3.8) is 0 Å². The number of nitrogens with one attached hydrogen (secondary N) is 2. The van der Waals surface area contributed by atoms with E-state index in [1.54, 1.807) is 53.6 Å². The van der Waals surface area contributed by atoms with Crippen LogP contribution in [0.25, 0.3) is 22.8 Å². The first-order valence-corrected chi connectivity index (χ1v) is 9.94. The summed E-state index contributed by atoms with van der Waals surface area (Å²) in [7, 11) is 0. The van der Waals surface area contributed by atoms with E-state index in [0.29, 0.717) is 17.2 Å². The monoisotopic (exact) mass is 422 g/mol. The smallest absolute Gasteiger partial charge is 0.321 e. The Balaban J connectivity index is 1.44. The van der Waals surface area contributed by atoms with Crippen molar-refractivity contribution in [2.45, 2.75) is 0 Å². The van der Waals surface area contributed by atoms with Crippen LogP contribution in [0.3, 0.4) is 0 Å². The van der Waals surface area contributed by atoms with E-state index in [0.717, 1.165) is 11.3 Å². The average molecular weight is 422 g/mol. The highest BCUT2D eigenvalue weighted by Crippen LogP contribution is 2.24. The van der Waals surface area contributed by atoms with Gasteiger partial charge in [-0.2, -0.15) is 5.10 Å². The minimum Gasteiger partial charge on any atom is -0.321 e. The number of H-pyrrole nitrogens is 1. The largest absolute Gasteiger partial charge is 0.330 e. The fourth-order valence-electron chi connectivity index (χ4n) is 3.38. The minimum absolute atomic E-state index is 0.227. The van der Waals surface area contributed by atoms with Crippen LogP contribution in [0.15, 0.2) is 102 Å². The van der Waals surface area contributed by atoms with E-state index in [9.17, 15) is 9.59 Å². The lowest BCUT2D eigenvalue weighted by Gasteiger charge is -2.06. The first-order valence-electron chi connectivity index (χ1n) is 9.94. The van der Waals surface area contributed by atoms with Gasteiger partial charge in [-0.25, -0.2) is 14.5 Å². The molecule has 1 amide bonds. The number of carbonyl (C=O) groups is 1. The summed E-state index contributed by atoms with van der Waals surface area (Å²) in [6, 6.07) is 24.0. The van der Waals surface area contributed by atoms with Crippen molar-refractivity contribution in [1.29, 1.82) is 0 Å². The Morgan fingerprint density at radius 3 is 2.41 bits per heavy atom. The highest BCUT2D eigenvalue weighted by molar-refractivity contribution is 6.03. The molecule has 5 aromatic rings. The molecule has 0 aliphatic rings. The van der Waals surface area contributed by atoms with Crippen molar-refractivity contribution in [3.8, 4) is 22.8 Å². The third-order valence-corrected chi connectivity index (χ3v) is 4.93. The molecule has 0 aliphatic carbocycles. The number of pyridine rings is 1. The maximum Gasteiger partial charge on any atom is 0.330 e. The summed E-state index contributed by atoms with van der Waals surface area (Å²) < 4.78 is 3.14. The van der Waals surface area contributed by atoms with E-state index in [4.69, 9.17) is 0 Å². The van der Waals surface area contributed by atoms with Gasteiger partial charge < -0.3 is 10.3 Å². The number of anilines is 1. The van der Waals surface area contributed by atoms with E-state index in [-0.39, 0.29) is 17.3 Å². The lowest BCUT2D eigenvalue weighted by Crippen LogP contribution is -2.15. The first kappa shape index (κ1) is 19.3. The van der Waals surface area contributed by atoms with Crippen molar-refractivity contribution in [3.05, 3.63) is 114 Å². The molecule has 5 rings (SSSR count). The lowest BCUT2D eigenvalue weighted by molar-refractivity contribution is 0.102. The predicted octanol–water partition coefficient (Wildman–Crippen LogP) is 3.67. The van der Waals surface area contributed by atoms with Gasteiger partial charge in [0.15, 0.2) is 11.5 Å². The first-order chi connectivity index (χ1) is 15.7. The third-order valence-electron chi connectivity index (χ3n) is 4.93. The van der Waals surface area contributed by atoms with Crippen LogP contribution in [-0.2, 0) is 0 Å². The lowest BCUT2D eigenvalue weighted by atomic mass is 10.1. The third kappa shape index (κ3) is 3.72. The van der Waals surface area contributed by atoms with Gasteiger partial charge in [-0.15, -0.1) is 0 Å². The van der Waals surface area contributed by atoms with Gasteiger partial charge in [0, 0.05) is 29.8 Å². The molecule has 0 bridgehead atoms. The van der Waals surface area contributed by atoms with Crippen molar-refractivity contribution in [2.75, 3.05) is 5.32 Å². The molecule has 3 heterocycles. The van der Waals surface area contributed by atoms with Gasteiger partial charge in [0.2, 0.25) is 0 Å². The second kappa shape index (κ2) is 8.19. The number of hydrogen-bond acceptors (Lipinski definition) is 4. The van der Waals surface area contributed by atoms with Crippen LogP contribution in [0.4, 0.5) is 5.69 Å². The van der Waals surface area contributed by atoms with Gasteiger partial charge in [-0.3, -0.25) is 9.36 Å². The van der Waals surface area contributed by atoms with Crippen LogP contribution < -0.4 is 11.0 Å². The molecule has 0 spiro atoms. The van der Waals surface area contributed by atoms with Crippen LogP contribution in [0.2, 0.25) is 0 Å². The fourth-order valence-corrected chi connectivity index (χ4v) is 3.38. The number of benzene rings is 2. The number of carbonyl (C=O) groups excluding carboxylic acids is 1. The van der Waals surface area contributed by atoms with Crippen molar-refractivity contribution in [1.82, 2.24) is 24.3 Å². The summed E-state index contributed by atoms with van der Waals surface area (Å²) in [6.45, 7) is 0. The van der Waals surface area contributed by atoms with Crippen LogP contribution in [0.1, 0.15) is 10.5 Å². The highest BCUT2D eigenvalue weighted by Gasteiger charge is 2.17. The van der Waals surface area contributed by atoms with E-state index >= 15 is 0 Å². The van der Waals surface area contributed by atoms with Crippen molar-refractivity contribution >= 4 is 11.6 Å². The number of imidazole rings is 1. The second-order valence-corrected chi connectivity index (χ2v) is 7.02. The SMILES string of the molecule is O=C(Nc1ccc(-n2cc[nH]c2=O)cc1)c1cc(-c2ccccc2)n(-c2ccccn2)n1. The van der Waals surface area contributed by atoms with Gasteiger partial charge in [-0.05, 0) is 42.5 Å². The summed E-state index contributed by atoms with van der Waals surface area (Å²) in [5.41, 5.74) is 3.01. The van der Waals surface area contributed by atoms with E-state index in [1.165, 1.54) is 4.57 Å². The number of nitrogens with zero attached hydrogens (tertiary/aromatic N) is 4. The highest BCUT2D eigenvalue weighted by atomic mass is 16.2. The van der Waals surface area contributed by atoms with E-state index in [2.05, 4.69) is 20.4 Å². The van der Waals surface area contributed by atoms with Gasteiger partial charge in [0.1, 0.15) is 0 Å². The number of aromatic amines is 1. The molecule has 0 unspecified atom stereocenters. The Morgan fingerprint density at radius 2 is 1.72 bits per heavy atom. The fraction of sp³-hybridized carbons (Fsp3) is 0. The van der Waals surface area contributed by atoms with Crippen LogP contribution in [0.5, 0.6) is 0 Å². The molecule has 0 atom stereocenters. The van der Waals surface area contributed by atoms with Crippen LogP contribution >= 0.6 is 0 Å². The van der Waals surface area contributed by atoms with E-state index in [1.807, 2.05) is 48.5 Å². The molecule has 0 fully saturated rings. The predicted molar refractivity (Wildman–Crippen MR) is 121 cm³/mol. The zero-order valence-corrected chi connectivity index (χ0v) is 16.8. The quantitative estimate of drug-likeness (QED) is 0.452. The van der Waals surface area contributed by atoms with Crippen LogP contribution in [-0.4, -0.2) is 30.2 Å². The van der Waals surface area contributed by atoms with E-state index < -0.39 is 0 Å². The van der Waals surface area contributed by atoms with Gasteiger partial charge in [0.05, 0.1) is 11.4 Å². The number of hydrogen-bond donors (Lipinski definition) is 2. The van der Waals surface area contributed by atoms with Gasteiger partial charge in [0.25, 0.3) is 5.91 Å². The Hall–Kier alpha value is -4.72. The molecule has 2 aromatic carbocycles. The molecule has 0 radical (unpaired) electrons. The molecule has 156 valence electrons. The molecule has 0 saturated carbocycles. The van der Waals surface area contributed by atoms with Crippen molar-refractivity contribution in [2.24, 2.45) is 0 Å². The van der Waals surface area contributed by atoms with Gasteiger partial charge >= 0.3 is 5.69 Å². The maximum atomic E-state index is 12.9. The van der Waals surface area contributed by atoms with Crippen LogP contribution in [0, 0.1) is 0 Å². The Kier molecular flexibility index (Phi) is 4.93. The van der Waals surface area contributed by atoms with Gasteiger partial charge in [-0.1, -0.05) is 36.4 Å². The van der Waals surface area contributed by atoms with Crippen molar-refractivity contribution < 1.29 is 4.79 Å². The molecular weight excluding hydrogens is 404 g/mol. The number of rotatable bonds is 5. The summed E-state index contributed by atoms with van der Waals surface area (Å²) in [4.78, 5) is 31.7. The molecule has 8 heteroatoms. The second-order valence-electron chi connectivity index (χ2n) is 7.02. The summed E-state index contributed by atoms with van der Waals surface area (Å²) in [6.07, 6.45) is 4.90. The Bertz CT molecular complexity index is 1360.